The summed E-state index contributed by atoms with van der Waals surface area (Å²) in [4.78, 5) is 6.82. The minimum atomic E-state index is 0.572. The zero-order valence-electron chi connectivity index (χ0n) is 13.0. The summed E-state index contributed by atoms with van der Waals surface area (Å²) in [5.74, 6) is 0.572. The highest BCUT2D eigenvalue weighted by atomic mass is 15.3. The fraction of sp³-hybridized carbons (Fsp3) is 0.467. The molecule has 0 aliphatic carbocycles. The topological polar surface area (TPSA) is 86.0 Å². The van der Waals surface area contributed by atoms with Crippen molar-refractivity contribution in [2.75, 3.05) is 30.8 Å². The van der Waals surface area contributed by atoms with E-state index in [-0.39, 0.29) is 0 Å². The molecule has 2 aromatic rings. The first-order valence-corrected chi connectivity index (χ1v) is 7.24. The molecule has 0 unspecified atom stereocenters. The lowest BCUT2D eigenvalue weighted by Crippen LogP contribution is -2.18. The molecular weight excluding hydrogens is 264 g/mol. The summed E-state index contributed by atoms with van der Waals surface area (Å²) in [5, 5.41) is 4.27. The van der Waals surface area contributed by atoms with Gasteiger partial charge in [0.25, 0.3) is 0 Å². The van der Waals surface area contributed by atoms with Crippen LogP contribution in [0.2, 0.25) is 0 Å². The van der Waals surface area contributed by atoms with Crippen molar-refractivity contribution in [3.05, 3.63) is 24.0 Å². The third kappa shape index (κ3) is 3.16. The Kier molecular flexibility index (Phi) is 4.80. The number of rotatable bonds is 2. The van der Waals surface area contributed by atoms with Crippen molar-refractivity contribution in [1.29, 1.82) is 0 Å². The maximum absolute atomic E-state index is 5.96. The molecule has 0 atom stereocenters. The molecule has 21 heavy (non-hydrogen) atoms. The largest absolute Gasteiger partial charge is 0.384 e. The van der Waals surface area contributed by atoms with Gasteiger partial charge in [0.05, 0.1) is 11.9 Å². The quantitative estimate of drug-likeness (QED) is 0.875. The number of aryl methyl sites for hydroxylation is 1. The van der Waals surface area contributed by atoms with Crippen molar-refractivity contribution in [3.63, 3.8) is 0 Å². The highest BCUT2D eigenvalue weighted by molar-refractivity contribution is 5.69. The standard InChI is InChI=1S/C14H19N5.CH5N/c1-10-12(9-16-18(10)2)13-7-11(8-14(15)17-13)19-5-3-4-6-19;1-2/h7-9H,3-6H2,1-2H3,(H2,15,17);2H2,1H3. The Bertz CT molecular complexity index is 598. The third-order valence-electron chi connectivity index (χ3n) is 3.81. The van der Waals surface area contributed by atoms with Gasteiger partial charge in [0, 0.05) is 43.1 Å². The van der Waals surface area contributed by atoms with E-state index in [4.69, 9.17) is 5.73 Å². The molecule has 1 fully saturated rings. The lowest BCUT2D eigenvalue weighted by molar-refractivity contribution is 0.740. The SMILES string of the molecule is CN.Cc1c(-c2cc(N3CCCC3)cc(N)n2)cnn1C. The summed E-state index contributed by atoms with van der Waals surface area (Å²) in [5.41, 5.74) is 14.7. The van der Waals surface area contributed by atoms with Crippen LogP contribution in [0.5, 0.6) is 0 Å². The van der Waals surface area contributed by atoms with E-state index in [9.17, 15) is 0 Å². The van der Waals surface area contributed by atoms with Crippen LogP contribution in [-0.2, 0) is 7.05 Å². The van der Waals surface area contributed by atoms with Crippen LogP contribution in [0.4, 0.5) is 11.5 Å². The maximum Gasteiger partial charge on any atom is 0.126 e. The Morgan fingerprint density at radius 2 is 1.81 bits per heavy atom. The summed E-state index contributed by atoms with van der Waals surface area (Å²) < 4.78 is 1.86. The minimum Gasteiger partial charge on any atom is -0.384 e. The second-order valence-corrected chi connectivity index (χ2v) is 5.10. The van der Waals surface area contributed by atoms with Crippen LogP contribution in [0.1, 0.15) is 18.5 Å². The summed E-state index contributed by atoms with van der Waals surface area (Å²) >= 11 is 0. The first-order valence-electron chi connectivity index (χ1n) is 7.24. The number of anilines is 2. The number of nitrogens with zero attached hydrogens (tertiary/aromatic N) is 4. The van der Waals surface area contributed by atoms with E-state index in [1.165, 1.54) is 25.6 Å². The van der Waals surface area contributed by atoms with E-state index in [0.717, 1.165) is 30.0 Å². The average molecular weight is 288 g/mol. The van der Waals surface area contributed by atoms with Crippen molar-refractivity contribution in [1.82, 2.24) is 14.8 Å². The van der Waals surface area contributed by atoms with Crippen molar-refractivity contribution in [2.24, 2.45) is 12.8 Å². The van der Waals surface area contributed by atoms with E-state index in [1.54, 1.807) is 0 Å². The predicted octanol–water partition coefficient (Wildman–Crippen LogP) is 1.55. The number of nitrogens with two attached hydrogens (primary N) is 2. The average Bonchev–Trinajstić information content (AvgIpc) is 3.12. The molecule has 2 aromatic heterocycles. The van der Waals surface area contributed by atoms with E-state index in [1.807, 2.05) is 30.9 Å². The van der Waals surface area contributed by atoms with Gasteiger partial charge in [-0.1, -0.05) is 0 Å². The van der Waals surface area contributed by atoms with Crippen molar-refractivity contribution in [2.45, 2.75) is 19.8 Å². The van der Waals surface area contributed by atoms with E-state index in [2.05, 4.69) is 26.8 Å². The molecule has 4 N–H and O–H groups in total. The molecule has 0 saturated carbocycles. The summed E-state index contributed by atoms with van der Waals surface area (Å²) in [6.45, 7) is 4.26. The van der Waals surface area contributed by atoms with E-state index >= 15 is 0 Å². The molecule has 0 bridgehead atoms. The van der Waals surface area contributed by atoms with Crippen molar-refractivity contribution in [3.8, 4) is 11.3 Å². The Morgan fingerprint density at radius 3 is 2.38 bits per heavy atom. The number of aromatic nitrogens is 3. The predicted molar refractivity (Wildman–Crippen MR) is 87.1 cm³/mol. The lowest BCUT2D eigenvalue weighted by atomic mass is 10.1. The molecule has 0 radical (unpaired) electrons. The van der Waals surface area contributed by atoms with Gasteiger partial charge in [0.15, 0.2) is 0 Å². The second kappa shape index (κ2) is 6.58. The molecular formula is C15H24N6. The lowest BCUT2D eigenvalue weighted by Gasteiger charge is -2.18. The van der Waals surface area contributed by atoms with Gasteiger partial charge in [0.2, 0.25) is 0 Å². The second-order valence-electron chi connectivity index (χ2n) is 5.10. The van der Waals surface area contributed by atoms with Crippen LogP contribution >= 0.6 is 0 Å². The summed E-state index contributed by atoms with van der Waals surface area (Å²) in [6, 6.07) is 4.08. The maximum atomic E-state index is 5.96. The monoisotopic (exact) mass is 288 g/mol. The first kappa shape index (κ1) is 15.3. The highest BCUT2D eigenvalue weighted by Crippen LogP contribution is 2.28. The molecule has 6 heteroatoms. The fourth-order valence-electron chi connectivity index (χ4n) is 2.58. The summed E-state index contributed by atoms with van der Waals surface area (Å²) in [6.07, 6.45) is 4.36. The Balaban J connectivity index is 0.000000774. The van der Waals surface area contributed by atoms with E-state index in [0.29, 0.717) is 5.82 Å². The molecule has 1 aliphatic heterocycles. The summed E-state index contributed by atoms with van der Waals surface area (Å²) in [7, 11) is 3.44. The molecule has 0 amide bonds. The zero-order valence-corrected chi connectivity index (χ0v) is 13.0. The zero-order chi connectivity index (χ0) is 15.4. The highest BCUT2D eigenvalue weighted by Gasteiger charge is 2.16. The fourth-order valence-corrected chi connectivity index (χ4v) is 2.58. The molecule has 0 spiro atoms. The van der Waals surface area contributed by atoms with Crippen molar-refractivity contribution < 1.29 is 0 Å². The molecule has 6 nitrogen and oxygen atoms in total. The molecule has 114 valence electrons. The van der Waals surface area contributed by atoms with Gasteiger partial charge >= 0.3 is 0 Å². The molecule has 1 aliphatic rings. The number of nitrogen functional groups attached to an aromatic ring is 1. The third-order valence-corrected chi connectivity index (χ3v) is 3.81. The van der Waals surface area contributed by atoms with Gasteiger partial charge in [0.1, 0.15) is 5.82 Å². The van der Waals surface area contributed by atoms with Crippen LogP contribution in [0.15, 0.2) is 18.3 Å². The van der Waals surface area contributed by atoms with Gasteiger partial charge < -0.3 is 16.4 Å². The normalized spacial score (nSPS) is 14.0. The van der Waals surface area contributed by atoms with Gasteiger partial charge in [-0.15, -0.1) is 0 Å². The Labute approximate surface area is 125 Å². The number of pyridine rings is 1. The van der Waals surface area contributed by atoms with Crippen molar-refractivity contribution >= 4 is 11.5 Å². The Morgan fingerprint density at radius 1 is 1.14 bits per heavy atom. The Hall–Kier alpha value is -2.08. The number of hydrogen-bond acceptors (Lipinski definition) is 5. The van der Waals surface area contributed by atoms with Crippen LogP contribution in [-0.4, -0.2) is 34.9 Å². The van der Waals surface area contributed by atoms with Gasteiger partial charge in [-0.3, -0.25) is 4.68 Å². The van der Waals surface area contributed by atoms with Gasteiger partial charge in [-0.05, 0) is 32.9 Å². The smallest absolute Gasteiger partial charge is 0.126 e. The van der Waals surface area contributed by atoms with Crippen LogP contribution in [0, 0.1) is 6.92 Å². The molecule has 3 heterocycles. The number of hydrogen-bond donors (Lipinski definition) is 2. The van der Waals surface area contributed by atoms with E-state index < -0.39 is 0 Å². The van der Waals surface area contributed by atoms with Gasteiger partial charge in [-0.2, -0.15) is 5.10 Å². The van der Waals surface area contributed by atoms with Crippen LogP contribution in [0.3, 0.4) is 0 Å². The molecule has 3 rings (SSSR count). The molecule has 0 aromatic carbocycles. The van der Waals surface area contributed by atoms with Gasteiger partial charge in [-0.25, -0.2) is 4.98 Å². The van der Waals surface area contributed by atoms with Crippen LogP contribution < -0.4 is 16.4 Å². The molecule has 1 saturated heterocycles. The van der Waals surface area contributed by atoms with Crippen LogP contribution in [0.25, 0.3) is 11.3 Å². The minimum absolute atomic E-state index is 0.572. The first-order chi connectivity index (χ1) is 10.1.